The Labute approximate surface area is 181 Å². The molecule has 1 aliphatic rings. The molecule has 0 amide bonds. The molecule has 1 fully saturated rings. The van der Waals surface area contributed by atoms with Gasteiger partial charge in [0.1, 0.15) is 5.69 Å². The van der Waals surface area contributed by atoms with E-state index >= 15 is 0 Å². The molecule has 1 aromatic carbocycles. The second-order valence-electron chi connectivity index (χ2n) is 7.78. The first kappa shape index (κ1) is 21.6. The minimum Gasteiger partial charge on any atom is -0.481 e. The monoisotopic (exact) mass is 446 g/mol. The zero-order chi connectivity index (χ0) is 22.9. The number of hydrogen-bond donors (Lipinski definition) is 3. The standard InChI is InChI=1S/C21H21F3N6O2/c22-21(23,24)18-5-6-26-20(29-18)28-16-8-13(7-15(25)9-16)14-10-27-30(11-14)17-3-1-12(2-4-17)19(31)32/h5-12,17H,1-4,25H2,(H,31,32)(H,26,28,29). The molecule has 8 nitrogen and oxygen atoms in total. The summed E-state index contributed by atoms with van der Waals surface area (Å²) in [7, 11) is 0. The van der Waals surface area contributed by atoms with Crippen molar-refractivity contribution in [3.05, 3.63) is 48.5 Å². The summed E-state index contributed by atoms with van der Waals surface area (Å²) in [5.41, 5.74) is 7.31. The van der Waals surface area contributed by atoms with E-state index in [4.69, 9.17) is 10.8 Å². The number of carboxylic acids is 1. The third kappa shape index (κ3) is 4.82. The molecule has 2 aromatic heterocycles. The van der Waals surface area contributed by atoms with E-state index in [1.54, 1.807) is 24.4 Å². The van der Waals surface area contributed by atoms with Crippen LogP contribution in [0.1, 0.15) is 37.4 Å². The second-order valence-corrected chi connectivity index (χ2v) is 7.78. The maximum absolute atomic E-state index is 12.9. The smallest absolute Gasteiger partial charge is 0.433 e. The van der Waals surface area contributed by atoms with Crippen molar-refractivity contribution >= 4 is 23.3 Å². The van der Waals surface area contributed by atoms with E-state index in [0.29, 0.717) is 24.2 Å². The number of nitrogen functional groups attached to an aromatic ring is 1. The molecule has 1 aliphatic carbocycles. The molecule has 0 spiro atoms. The van der Waals surface area contributed by atoms with Crippen molar-refractivity contribution in [2.45, 2.75) is 37.9 Å². The van der Waals surface area contributed by atoms with Gasteiger partial charge >= 0.3 is 12.1 Å². The zero-order valence-electron chi connectivity index (χ0n) is 16.9. The number of carboxylic acid groups (broad SMARTS) is 1. The third-order valence-electron chi connectivity index (χ3n) is 5.51. The Morgan fingerprint density at radius 3 is 2.59 bits per heavy atom. The lowest BCUT2D eigenvalue weighted by Gasteiger charge is -2.26. The first-order chi connectivity index (χ1) is 15.2. The Kier molecular flexibility index (Phi) is 5.72. The predicted molar refractivity (Wildman–Crippen MR) is 111 cm³/mol. The summed E-state index contributed by atoms with van der Waals surface area (Å²) in [5.74, 6) is -1.25. The SMILES string of the molecule is Nc1cc(Nc2nccc(C(F)(F)F)n2)cc(-c2cnn(C3CCC(C(=O)O)CC3)c2)c1. The molecule has 11 heteroatoms. The van der Waals surface area contributed by atoms with Crippen molar-refractivity contribution in [3.63, 3.8) is 0 Å². The van der Waals surface area contributed by atoms with E-state index < -0.39 is 17.8 Å². The average Bonchev–Trinajstić information content (AvgIpc) is 3.23. The summed E-state index contributed by atoms with van der Waals surface area (Å²) in [6.45, 7) is 0. The van der Waals surface area contributed by atoms with Crippen LogP contribution < -0.4 is 11.1 Å². The van der Waals surface area contributed by atoms with Crippen LogP contribution in [0.25, 0.3) is 11.1 Å². The number of hydrogen-bond acceptors (Lipinski definition) is 6. The number of benzene rings is 1. The minimum absolute atomic E-state index is 0.122. The van der Waals surface area contributed by atoms with E-state index in [-0.39, 0.29) is 17.9 Å². The summed E-state index contributed by atoms with van der Waals surface area (Å²) in [6.07, 6.45) is 2.70. The van der Waals surface area contributed by atoms with Gasteiger partial charge in [-0.2, -0.15) is 18.3 Å². The van der Waals surface area contributed by atoms with Gasteiger partial charge in [0.05, 0.1) is 18.2 Å². The molecule has 4 N–H and O–H groups in total. The highest BCUT2D eigenvalue weighted by atomic mass is 19.4. The summed E-state index contributed by atoms with van der Waals surface area (Å²) in [6, 6.07) is 5.96. The van der Waals surface area contributed by atoms with Gasteiger partial charge in [-0.25, -0.2) is 9.97 Å². The van der Waals surface area contributed by atoms with Gasteiger partial charge in [0.25, 0.3) is 0 Å². The maximum Gasteiger partial charge on any atom is 0.433 e. The molecule has 4 rings (SSSR count). The van der Waals surface area contributed by atoms with Crippen LogP contribution >= 0.6 is 0 Å². The van der Waals surface area contributed by atoms with E-state index in [1.807, 2.05) is 10.9 Å². The van der Waals surface area contributed by atoms with Crippen LogP contribution in [0.15, 0.2) is 42.9 Å². The summed E-state index contributed by atoms with van der Waals surface area (Å²) in [5, 5.41) is 16.4. The van der Waals surface area contributed by atoms with Crippen LogP contribution in [0.4, 0.5) is 30.5 Å². The number of alkyl halides is 3. The number of nitrogens with one attached hydrogen (secondary N) is 1. The fraction of sp³-hybridized carbons (Fsp3) is 0.333. The molecule has 1 saturated carbocycles. The van der Waals surface area contributed by atoms with Crippen LogP contribution in [0.3, 0.4) is 0 Å². The first-order valence-corrected chi connectivity index (χ1v) is 10.0. The Morgan fingerprint density at radius 2 is 1.91 bits per heavy atom. The molecule has 168 valence electrons. The summed E-state index contributed by atoms with van der Waals surface area (Å²) in [4.78, 5) is 18.5. The number of nitrogens with zero attached hydrogens (tertiary/aromatic N) is 4. The highest BCUT2D eigenvalue weighted by Gasteiger charge is 2.33. The van der Waals surface area contributed by atoms with Crippen LogP contribution in [0.2, 0.25) is 0 Å². The normalized spacial score (nSPS) is 19.0. The largest absolute Gasteiger partial charge is 0.481 e. The molecule has 2 heterocycles. The van der Waals surface area contributed by atoms with Crippen molar-refractivity contribution in [1.29, 1.82) is 0 Å². The Bertz CT molecular complexity index is 1120. The fourth-order valence-electron chi connectivity index (χ4n) is 3.87. The van der Waals surface area contributed by atoms with E-state index in [0.717, 1.165) is 36.2 Å². The van der Waals surface area contributed by atoms with Crippen LogP contribution in [0.5, 0.6) is 0 Å². The Balaban J connectivity index is 1.52. The van der Waals surface area contributed by atoms with Crippen LogP contribution in [-0.4, -0.2) is 30.8 Å². The lowest BCUT2D eigenvalue weighted by molar-refractivity contribution is -0.143. The highest BCUT2D eigenvalue weighted by molar-refractivity contribution is 5.74. The molecule has 0 saturated heterocycles. The summed E-state index contributed by atoms with van der Waals surface area (Å²) < 4.78 is 40.5. The number of aliphatic carboxylic acids is 1. The topological polar surface area (TPSA) is 119 Å². The number of nitrogens with two attached hydrogens (primary N) is 1. The second kappa shape index (κ2) is 8.48. The maximum atomic E-state index is 12.9. The molecular weight excluding hydrogens is 425 g/mol. The fourth-order valence-corrected chi connectivity index (χ4v) is 3.87. The number of rotatable bonds is 5. The van der Waals surface area contributed by atoms with E-state index in [9.17, 15) is 18.0 Å². The minimum atomic E-state index is -4.57. The van der Waals surface area contributed by atoms with E-state index in [2.05, 4.69) is 20.4 Å². The number of anilines is 3. The molecule has 32 heavy (non-hydrogen) atoms. The number of halogens is 3. The lowest BCUT2D eigenvalue weighted by atomic mass is 9.86. The average molecular weight is 446 g/mol. The summed E-state index contributed by atoms with van der Waals surface area (Å²) >= 11 is 0. The van der Waals surface area contributed by atoms with E-state index in [1.165, 1.54) is 0 Å². The predicted octanol–water partition coefficient (Wildman–Crippen LogP) is 4.50. The molecule has 0 unspecified atom stereocenters. The third-order valence-corrected chi connectivity index (χ3v) is 5.51. The van der Waals surface area contributed by atoms with Crippen molar-refractivity contribution in [2.75, 3.05) is 11.1 Å². The molecule has 0 atom stereocenters. The van der Waals surface area contributed by atoms with Crippen LogP contribution in [0, 0.1) is 5.92 Å². The molecule has 0 bridgehead atoms. The molecule has 0 aliphatic heterocycles. The van der Waals surface area contributed by atoms with Gasteiger partial charge in [-0.3, -0.25) is 9.48 Å². The zero-order valence-corrected chi connectivity index (χ0v) is 16.9. The van der Waals surface area contributed by atoms with Crippen molar-refractivity contribution in [1.82, 2.24) is 19.7 Å². The van der Waals surface area contributed by atoms with Gasteiger partial charge in [0.15, 0.2) is 0 Å². The van der Waals surface area contributed by atoms with Crippen molar-refractivity contribution < 1.29 is 23.1 Å². The van der Waals surface area contributed by atoms with Gasteiger partial charge in [-0.05, 0) is 55.5 Å². The van der Waals surface area contributed by atoms with Crippen molar-refractivity contribution in [2.24, 2.45) is 5.92 Å². The quantitative estimate of drug-likeness (QED) is 0.494. The number of aromatic nitrogens is 4. The Morgan fingerprint density at radius 1 is 1.16 bits per heavy atom. The lowest BCUT2D eigenvalue weighted by Crippen LogP contribution is -2.23. The molecule has 0 radical (unpaired) electrons. The van der Waals surface area contributed by atoms with Gasteiger partial charge in [0.2, 0.25) is 5.95 Å². The first-order valence-electron chi connectivity index (χ1n) is 10.0. The van der Waals surface area contributed by atoms with Gasteiger partial charge < -0.3 is 16.2 Å². The van der Waals surface area contributed by atoms with Gasteiger partial charge in [-0.1, -0.05) is 0 Å². The van der Waals surface area contributed by atoms with Gasteiger partial charge in [-0.15, -0.1) is 0 Å². The van der Waals surface area contributed by atoms with Gasteiger partial charge in [0, 0.05) is 29.3 Å². The molecule has 3 aromatic rings. The number of carbonyl (C=O) groups is 1. The van der Waals surface area contributed by atoms with Crippen LogP contribution in [-0.2, 0) is 11.0 Å². The highest BCUT2D eigenvalue weighted by Crippen LogP contribution is 2.34. The van der Waals surface area contributed by atoms with Crippen molar-refractivity contribution in [3.8, 4) is 11.1 Å². The molecular formula is C21H21F3N6O2. The Hall–Kier alpha value is -3.63.